The first-order valence-electron chi connectivity index (χ1n) is 8.28. The van der Waals surface area contributed by atoms with Crippen molar-refractivity contribution in [2.75, 3.05) is 12.4 Å². The summed E-state index contributed by atoms with van der Waals surface area (Å²) in [5.41, 5.74) is 0.641. The van der Waals surface area contributed by atoms with Gasteiger partial charge < -0.3 is 10.1 Å². The fourth-order valence-corrected chi connectivity index (χ4v) is 3.14. The van der Waals surface area contributed by atoms with Gasteiger partial charge in [0.1, 0.15) is 5.02 Å². The normalized spacial score (nSPS) is 18.7. The van der Waals surface area contributed by atoms with Gasteiger partial charge in [-0.1, -0.05) is 37.1 Å². The predicted octanol–water partition coefficient (Wildman–Crippen LogP) is 3.27. The molecule has 6 nitrogen and oxygen atoms in total. The molecule has 1 aliphatic carbocycles. The predicted molar refractivity (Wildman–Crippen MR) is 96.6 cm³/mol. The van der Waals surface area contributed by atoms with Crippen LogP contribution in [0.25, 0.3) is 5.69 Å². The van der Waals surface area contributed by atoms with Crippen LogP contribution in [0.15, 0.2) is 35.3 Å². The first-order valence-corrected chi connectivity index (χ1v) is 8.66. The number of hydrogen-bond donors (Lipinski definition) is 1. The number of anilines is 1. The zero-order valence-electron chi connectivity index (χ0n) is 14.2. The van der Waals surface area contributed by atoms with Crippen molar-refractivity contribution in [3.05, 3.63) is 51.4 Å². The summed E-state index contributed by atoms with van der Waals surface area (Å²) in [6.45, 7) is 2.16. The van der Waals surface area contributed by atoms with Crippen LogP contribution in [0.5, 0.6) is 0 Å². The van der Waals surface area contributed by atoms with E-state index in [0.29, 0.717) is 23.3 Å². The Labute approximate surface area is 150 Å². The zero-order chi connectivity index (χ0) is 18.0. The van der Waals surface area contributed by atoms with Crippen molar-refractivity contribution in [1.29, 1.82) is 0 Å². The third-order valence-electron chi connectivity index (χ3n) is 4.38. The van der Waals surface area contributed by atoms with Crippen molar-refractivity contribution in [1.82, 2.24) is 9.78 Å². The number of methoxy groups -OCH3 is 1. The maximum atomic E-state index is 12.6. The average Bonchev–Trinajstić information content (AvgIpc) is 3.36. The summed E-state index contributed by atoms with van der Waals surface area (Å²) in [6, 6.07) is 6.96. The topological polar surface area (TPSA) is 73.2 Å². The van der Waals surface area contributed by atoms with Crippen molar-refractivity contribution < 1.29 is 9.53 Å². The molecule has 0 aliphatic heterocycles. The first-order chi connectivity index (χ1) is 12.1. The molecule has 1 heterocycles. The molecule has 1 aliphatic rings. The highest BCUT2D eigenvalue weighted by atomic mass is 35.5. The highest BCUT2D eigenvalue weighted by Crippen LogP contribution is 2.38. The fourth-order valence-electron chi connectivity index (χ4n) is 2.96. The number of aromatic nitrogens is 2. The molecule has 2 unspecified atom stereocenters. The van der Waals surface area contributed by atoms with E-state index in [1.807, 2.05) is 0 Å². The molecule has 0 amide bonds. The van der Waals surface area contributed by atoms with E-state index in [-0.39, 0.29) is 10.6 Å². The molecule has 2 atom stereocenters. The maximum absolute atomic E-state index is 12.6. The number of carbonyl (C=O) groups is 1. The van der Waals surface area contributed by atoms with Gasteiger partial charge >= 0.3 is 5.97 Å². The molecule has 1 aromatic heterocycles. The lowest BCUT2D eigenvalue weighted by molar-refractivity contribution is 0.0600. The van der Waals surface area contributed by atoms with Crippen LogP contribution >= 0.6 is 11.6 Å². The molecule has 1 saturated carbocycles. The van der Waals surface area contributed by atoms with Crippen LogP contribution in [-0.2, 0) is 4.74 Å². The van der Waals surface area contributed by atoms with E-state index in [2.05, 4.69) is 17.3 Å². The fraction of sp³-hybridized carbons (Fsp3) is 0.389. The number of halogens is 1. The summed E-state index contributed by atoms with van der Waals surface area (Å²) in [6.07, 6.45) is 4.91. The van der Waals surface area contributed by atoms with E-state index in [1.165, 1.54) is 13.3 Å². The second kappa shape index (κ2) is 7.27. The minimum Gasteiger partial charge on any atom is -0.465 e. The Morgan fingerprint density at radius 2 is 2.20 bits per heavy atom. The van der Waals surface area contributed by atoms with Crippen LogP contribution in [-0.4, -0.2) is 28.9 Å². The van der Waals surface area contributed by atoms with E-state index in [9.17, 15) is 9.59 Å². The molecule has 1 N–H and O–H groups in total. The van der Waals surface area contributed by atoms with Gasteiger partial charge in [0.2, 0.25) is 0 Å². The van der Waals surface area contributed by atoms with Crippen molar-refractivity contribution in [2.24, 2.45) is 5.92 Å². The van der Waals surface area contributed by atoms with Crippen LogP contribution in [0.1, 0.15) is 36.5 Å². The Hall–Kier alpha value is -2.34. The third kappa shape index (κ3) is 3.54. The van der Waals surface area contributed by atoms with Gasteiger partial charge in [-0.05, 0) is 30.9 Å². The molecule has 7 heteroatoms. The molecular formula is C18H20ClN3O3. The number of rotatable bonds is 6. The van der Waals surface area contributed by atoms with Crippen molar-refractivity contribution >= 4 is 23.3 Å². The van der Waals surface area contributed by atoms with Gasteiger partial charge in [-0.3, -0.25) is 4.79 Å². The van der Waals surface area contributed by atoms with Gasteiger partial charge in [0.25, 0.3) is 5.56 Å². The van der Waals surface area contributed by atoms with Crippen LogP contribution in [0.3, 0.4) is 0 Å². The largest absolute Gasteiger partial charge is 0.465 e. The standard InChI is InChI=1S/C18H20ClN3O3/c1-3-6-11-9-13(11)21-14-10-20-22(17(23)16(14)19)15-8-5-4-7-12(15)18(24)25-2/h4-5,7-8,10-11,13,21H,3,6,9H2,1-2H3. The second-order valence-corrected chi connectivity index (χ2v) is 6.51. The molecule has 1 fully saturated rings. The highest BCUT2D eigenvalue weighted by Gasteiger charge is 2.36. The molecular weight excluding hydrogens is 342 g/mol. The number of nitrogens with one attached hydrogen (secondary N) is 1. The summed E-state index contributed by atoms with van der Waals surface area (Å²) < 4.78 is 5.88. The highest BCUT2D eigenvalue weighted by molar-refractivity contribution is 6.33. The van der Waals surface area contributed by atoms with E-state index in [1.54, 1.807) is 24.3 Å². The lowest BCUT2D eigenvalue weighted by Gasteiger charge is -2.12. The molecule has 0 radical (unpaired) electrons. The molecule has 0 spiro atoms. The van der Waals surface area contributed by atoms with E-state index in [4.69, 9.17) is 16.3 Å². The summed E-state index contributed by atoms with van der Waals surface area (Å²) in [5, 5.41) is 7.54. The summed E-state index contributed by atoms with van der Waals surface area (Å²) in [5.74, 6) is 0.0894. The number of ether oxygens (including phenoxy) is 1. The summed E-state index contributed by atoms with van der Waals surface area (Å²) >= 11 is 6.26. The van der Waals surface area contributed by atoms with Crippen LogP contribution in [0.4, 0.5) is 5.69 Å². The Morgan fingerprint density at radius 3 is 2.92 bits per heavy atom. The molecule has 1 aromatic carbocycles. The number of benzene rings is 1. The molecule has 2 aromatic rings. The molecule has 0 saturated heterocycles. The first kappa shape index (κ1) is 17.5. The lowest BCUT2D eigenvalue weighted by Crippen LogP contribution is -2.25. The lowest BCUT2D eigenvalue weighted by atomic mass is 10.2. The monoisotopic (exact) mass is 361 g/mol. The minimum atomic E-state index is -0.539. The Kier molecular flexibility index (Phi) is 5.08. The summed E-state index contributed by atoms with van der Waals surface area (Å²) in [7, 11) is 1.29. The number of carbonyl (C=O) groups excluding carboxylic acids is 1. The van der Waals surface area contributed by atoms with Crippen molar-refractivity contribution in [3.63, 3.8) is 0 Å². The summed E-state index contributed by atoms with van der Waals surface area (Å²) in [4.78, 5) is 24.6. The SMILES string of the molecule is CCCC1CC1Nc1cnn(-c2ccccc2C(=O)OC)c(=O)c1Cl. The molecule has 0 bridgehead atoms. The van der Waals surface area contributed by atoms with Crippen LogP contribution in [0.2, 0.25) is 5.02 Å². The Bertz CT molecular complexity index is 850. The smallest absolute Gasteiger partial charge is 0.340 e. The molecule has 25 heavy (non-hydrogen) atoms. The number of hydrogen-bond acceptors (Lipinski definition) is 5. The van der Waals surface area contributed by atoms with Gasteiger partial charge in [-0.2, -0.15) is 9.78 Å². The number of para-hydroxylation sites is 1. The third-order valence-corrected chi connectivity index (χ3v) is 4.74. The van der Waals surface area contributed by atoms with Gasteiger partial charge in [0.05, 0.1) is 30.2 Å². The van der Waals surface area contributed by atoms with Crippen LogP contribution in [0, 0.1) is 5.92 Å². The average molecular weight is 362 g/mol. The van der Waals surface area contributed by atoms with Gasteiger partial charge in [-0.25, -0.2) is 4.79 Å². The Balaban J connectivity index is 1.92. The van der Waals surface area contributed by atoms with Gasteiger partial charge in [-0.15, -0.1) is 0 Å². The van der Waals surface area contributed by atoms with Gasteiger partial charge in [0, 0.05) is 6.04 Å². The van der Waals surface area contributed by atoms with Gasteiger partial charge in [0.15, 0.2) is 0 Å². The van der Waals surface area contributed by atoms with E-state index >= 15 is 0 Å². The van der Waals surface area contributed by atoms with E-state index < -0.39 is 11.5 Å². The number of esters is 1. The quantitative estimate of drug-likeness (QED) is 0.799. The van der Waals surface area contributed by atoms with E-state index in [0.717, 1.165) is 23.9 Å². The number of nitrogens with zero attached hydrogens (tertiary/aromatic N) is 2. The molecule has 3 rings (SSSR count). The zero-order valence-corrected chi connectivity index (χ0v) is 14.9. The minimum absolute atomic E-state index is 0.0665. The second-order valence-electron chi connectivity index (χ2n) is 6.13. The van der Waals surface area contributed by atoms with Crippen molar-refractivity contribution in [3.8, 4) is 5.69 Å². The Morgan fingerprint density at radius 1 is 1.44 bits per heavy atom. The van der Waals surface area contributed by atoms with Crippen LogP contribution < -0.4 is 10.9 Å². The van der Waals surface area contributed by atoms with Crippen molar-refractivity contribution in [2.45, 2.75) is 32.2 Å². The molecule has 132 valence electrons. The maximum Gasteiger partial charge on any atom is 0.340 e.